The molecular weight excluding hydrogens is 128 g/mol. The first-order valence-electron chi connectivity index (χ1n) is 3.30. The normalized spacial score (nSPS) is 18.8. The van der Waals surface area contributed by atoms with Crippen molar-refractivity contribution >= 4 is 13.4 Å². The van der Waals surface area contributed by atoms with Crippen molar-refractivity contribution in [3.8, 4) is 0 Å². The van der Waals surface area contributed by atoms with Crippen molar-refractivity contribution in [3.63, 3.8) is 0 Å². The van der Waals surface area contributed by atoms with E-state index in [0.717, 1.165) is 26.2 Å². The summed E-state index contributed by atoms with van der Waals surface area (Å²) in [5.74, 6) is 0. The van der Waals surface area contributed by atoms with Gasteiger partial charge in [-0.2, -0.15) is 10.2 Å². The third-order valence-electron chi connectivity index (χ3n) is 1.63. The zero-order chi connectivity index (χ0) is 7.40. The lowest BCUT2D eigenvalue weighted by molar-refractivity contribution is 0.142. The van der Waals surface area contributed by atoms with Crippen LogP contribution >= 0.6 is 0 Å². The number of hydrazone groups is 2. The van der Waals surface area contributed by atoms with Gasteiger partial charge in [-0.25, -0.2) is 0 Å². The number of rotatable bonds is 2. The highest BCUT2D eigenvalue weighted by molar-refractivity contribution is 5.23. The highest BCUT2D eigenvalue weighted by Gasteiger charge is 2.11. The molecule has 0 N–H and O–H groups in total. The Hall–Kier alpha value is -1.06. The van der Waals surface area contributed by atoms with E-state index in [1.54, 1.807) is 0 Å². The van der Waals surface area contributed by atoms with E-state index in [1.807, 2.05) is 10.0 Å². The Morgan fingerprint density at radius 1 is 0.800 bits per heavy atom. The molecule has 1 rings (SSSR count). The van der Waals surface area contributed by atoms with Crippen LogP contribution in [0.15, 0.2) is 10.2 Å². The SMILES string of the molecule is C=NN1CCN(N=C)CC1. The molecule has 0 saturated carbocycles. The molecule has 0 aromatic rings. The third kappa shape index (κ3) is 1.46. The quantitative estimate of drug-likeness (QED) is 0.499. The summed E-state index contributed by atoms with van der Waals surface area (Å²) in [6, 6.07) is 0. The summed E-state index contributed by atoms with van der Waals surface area (Å²) in [6.45, 7) is 10.5. The smallest absolute Gasteiger partial charge is 0.0553 e. The fourth-order valence-electron chi connectivity index (χ4n) is 0.968. The van der Waals surface area contributed by atoms with Crippen LogP contribution in [0, 0.1) is 0 Å². The lowest BCUT2D eigenvalue weighted by Crippen LogP contribution is -2.41. The standard InChI is InChI=1S/C6H12N4/c1-7-9-3-5-10(8-2)6-4-9/h1-6H2. The van der Waals surface area contributed by atoms with E-state index in [-0.39, 0.29) is 0 Å². The molecule has 10 heavy (non-hydrogen) atoms. The second-order valence-corrected chi connectivity index (χ2v) is 2.19. The Bertz CT molecular complexity index is 110. The molecule has 1 fully saturated rings. The predicted molar refractivity (Wildman–Crippen MR) is 42.2 cm³/mol. The molecule has 1 aliphatic rings. The summed E-state index contributed by atoms with van der Waals surface area (Å²) in [7, 11) is 0. The predicted octanol–water partition coefficient (Wildman–Crippen LogP) is -0.165. The lowest BCUT2D eigenvalue weighted by atomic mass is 10.4. The zero-order valence-corrected chi connectivity index (χ0v) is 6.03. The van der Waals surface area contributed by atoms with Crippen LogP contribution in [-0.4, -0.2) is 49.6 Å². The van der Waals surface area contributed by atoms with Gasteiger partial charge in [0, 0.05) is 13.4 Å². The number of hydrogen-bond acceptors (Lipinski definition) is 4. The molecule has 0 aromatic heterocycles. The molecule has 0 aliphatic carbocycles. The van der Waals surface area contributed by atoms with Crippen LogP contribution in [0.2, 0.25) is 0 Å². The molecule has 4 heteroatoms. The summed E-state index contributed by atoms with van der Waals surface area (Å²) in [5.41, 5.74) is 0. The Morgan fingerprint density at radius 3 is 1.30 bits per heavy atom. The molecule has 0 spiro atoms. The van der Waals surface area contributed by atoms with Crippen molar-refractivity contribution in [1.82, 2.24) is 10.0 Å². The number of hydrogen-bond donors (Lipinski definition) is 0. The van der Waals surface area contributed by atoms with Gasteiger partial charge in [0.15, 0.2) is 0 Å². The number of piperazine rings is 1. The van der Waals surface area contributed by atoms with Crippen LogP contribution < -0.4 is 0 Å². The average molecular weight is 140 g/mol. The Morgan fingerprint density at radius 2 is 1.10 bits per heavy atom. The fourth-order valence-corrected chi connectivity index (χ4v) is 0.968. The van der Waals surface area contributed by atoms with Crippen molar-refractivity contribution in [1.29, 1.82) is 0 Å². The van der Waals surface area contributed by atoms with Crippen molar-refractivity contribution < 1.29 is 0 Å². The van der Waals surface area contributed by atoms with E-state index >= 15 is 0 Å². The van der Waals surface area contributed by atoms with E-state index < -0.39 is 0 Å². The minimum atomic E-state index is 0.905. The fraction of sp³-hybridized carbons (Fsp3) is 0.667. The van der Waals surface area contributed by atoms with Crippen molar-refractivity contribution in [2.24, 2.45) is 10.2 Å². The van der Waals surface area contributed by atoms with Crippen molar-refractivity contribution in [3.05, 3.63) is 0 Å². The lowest BCUT2D eigenvalue weighted by Gasteiger charge is -2.30. The van der Waals surface area contributed by atoms with Gasteiger partial charge in [0.25, 0.3) is 0 Å². The van der Waals surface area contributed by atoms with E-state index in [2.05, 4.69) is 23.6 Å². The molecule has 0 unspecified atom stereocenters. The van der Waals surface area contributed by atoms with Gasteiger partial charge in [0.05, 0.1) is 26.2 Å². The summed E-state index contributed by atoms with van der Waals surface area (Å²) in [6.07, 6.45) is 0. The van der Waals surface area contributed by atoms with Gasteiger partial charge in [-0.3, -0.25) is 10.0 Å². The summed E-state index contributed by atoms with van der Waals surface area (Å²) in [5, 5.41) is 11.5. The van der Waals surface area contributed by atoms with Crippen LogP contribution in [0.3, 0.4) is 0 Å². The zero-order valence-electron chi connectivity index (χ0n) is 6.03. The first kappa shape index (κ1) is 7.05. The maximum atomic E-state index is 3.81. The van der Waals surface area contributed by atoms with Crippen molar-refractivity contribution in [2.75, 3.05) is 26.2 Å². The molecule has 0 radical (unpaired) electrons. The highest BCUT2D eigenvalue weighted by atomic mass is 15.5. The van der Waals surface area contributed by atoms with Gasteiger partial charge >= 0.3 is 0 Å². The summed E-state index contributed by atoms with van der Waals surface area (Å²) >= 11 is 0. The second-order valence-electron chi connectivity index (χ2n) is 2.19. The van der Waals surface area contributed by atoms with E-state index in [1.165, 1.54) is 0 Å². The maximum absolute atomic E-state index is 3.81. The van der Waals surface area contributed by atoms with Crippen LogP contribution in [0.25, 0.3) is 0 Å². The number of nitrogens with zero attached hydrogens (tertiary/aromatic N) is 4. The molecule has 56 valence electrons. The average Bonchev–Trinajstić information content (AvgIpc) is 2.05. The topological polar surface area (TPSA) is 31.2 Å². The molecule has 1 heterocycles. The van der Waals surface area contributed by atoms with E-state index in [0.29, 0.717) is 0 Å². The minimum absolute atomic E-state index is 0.905. The van der Waals surface area contributed by atoms with E-state index in [4.69, 9.17) is 0 Å². The Balaban J connectivity index is 2.30. The van der Waals surface area contributed by atoms with Gasteiger partial charge in [0.1, 0.15) is 0 Å². The summed E-state index contributed by atoms with van der Waals surface area (Å²) in [4.78, 5) is 0. The van der Waals surface area contributed by atoms with Gasteiger partial charge in [-0.1, -0.05) is 0 Å². The molecule has 1 saturated heterocycles. The monoisotopic (exact) mass is 140 g/mol. The van der Waals surface area contributed by atoms with Gasteiger partial charge in [-0.05, 0) is 0 Å². The molecule has 1 aliphatic heterocycles. The first-order valence-corrected chi connectivity index (χ1v) is 3.30. The van der Waals surface area contributed by atoms with Gasteiger partial charge < -0.3 is 0 Å². The van der Waals surface area contributed by atoms with Crippen LogP contribution in [-0.2, 0) is 0 Å². The summed E-state index contributed by atoms with van der Waals surface area (Å²) < 4.78 is 0. The molecular formula is C6H12N4. The molecule has 4 nitrogen and oxygen atoms in total. The molecule has 0 aromatic carbocycles. The molecule has 0 amide bonds. The van der Waals surface area contributed by atoms with Crippen molar-refractivity contribution in [2.45, 2.75) is 0 Å². The Labute approximate surface area is 60.8 Å². The van der Waals surface area contributed by atoms with Crippen LogP contribution in [0.1, 0.15) is 0 Å². The van der Waals surface area contributed by atoms with Crippen LogP contribution in [0.5, 0.6) is 0 Å². The second kappa shape index (κ2) is 3.20. The maximum Gasteiger partial charge on any atom is 0.0553 e. The van der Waals surface area contributed by atoms with Gasteiger partial charge in [0.2, 0.25) is 0 Å². The third-order valence-corrected chi connectivity index (χ3v) is 1.63. The van der Waals surface area contributed by atoms with E-state index in [9.17, 15) is 0 Å². The Kier molecular flexibility index (Phi) is 2.25. The van der Waals surface area contributed by atoms with Gasteiger partial charge in [-0.15, -0.1) is 0 Å². The highest BCUT2D eigenvalue weighted by Crippen LogP contribution is 1.99. The minimum Gasteiger partial charge on any atom is -0.294 e. The molecule has 0 bridgehead atoms. The first-order chi connectivity index (χ1) is 4.86. The largest absolute Gasteiger partial charge is 0.294 e. The molecule has 0 atom stereocenters. The van der Waals surface area contributed by atoms with Crippen LogP contribution in [0.4, 0.5) is 0 Å².